The fourth-order valence-corrected chi connectivity index (χ4v) is 0.932. The van der Waals surface area contributed by atoms with Gasteiger partial charge in [0, 0.05) is 6.20 Å². The molecule has 78 valence electrons. The number of hydrogen-bond acceptors (Lipinski definition) is 5. The molecule has 0 spiro atoms. The molecular weight excluding hydrogens is 196 g/mol. The summed E-state index contributed by atoms with van der Waals surface area (Å²) in [6.45, 7) is 1.86. The summed E-state index contributed by atoms with van der Waals surface area (Å²) in [6.07, 6.45) is -0.367. The van der Waals surface area contributed by atoms with Crippen LogP contribution in [-0.4, -0.2) is 17.7 Å². The summed E-state index contributed by atoms with van der Waals surface area (Å²) in [6, 6.07) is 6.85. The van der Waals surface area contributed by atoms with Crippen LogP contribution in [0.4, 0.5) is 4.79 Å². The minimum Gasteiger partial charge on any atom is -0.435 e. The second kappa shape index (κ2) is 5.60. The summed E-state index contributed by atoms with van der Waals surface area (Å²) >= 11 is 0. The predicted octanol–water partition coefficient (Wildman–Crippen LogP) is 1.82. The molecule has 1 aromatic rings. The van der Waals surface area contributed by atoms with E-state index >= 15 is 0 Å². The third-order valence-corrected chi connectivity index (χ3v) is 1.55. The van der Waals surface area contributed by atoms with Gasteiger partial charge in [-0.3, -0.25) is 4.98 Å². The molecule has 1 heterocycles. The van der Waals surface area contributed by atoms with Gasteiger partial charge in [0.2, 0.25) is 6.10 Å². The Kier molecular flexibility index (Phi) is 4.10. The molecule has 1 unspecified atom stereocenters. The molecule has 0 bridgehead atoms. The minimum atomic E-state index is -1.02. The van der Waals surface area contributed by atoms with Crippen molar-refractivity contribution in [1.29, 1.82) is 5.26 Å². The van der Waals surface area contributed by atoms with Gasteiger partial charge in [-0.1, -0.05) is 6.07 Å². The Labute approximate surface area is 87.3 Å². The normalized spacial score (nSPS) is 11.2. The van der Waals surface area contributed by atoms with Crippen LogP contribution in [0.15, 0.2) is 24.4 Å². The number of carbonyl (C=O) groups is 1. The van der Waals surface area contributed by atoms with Crippen LogP contribution in [0, 0.1) is 11.3 Å². The third kappa shape index (κ3) is 3.27. The monoisotopic (exact) mass is 206 g/mol. The van der Waals surface area contributed by atoms with Gasteiger partial charge in [-0.2, -0.15) is 5.26 Å². The van der Waals surface area contributed by atoms with Crippen molar-refractivity contribution in [2.24, 2.45) is 0 Å². The Balaban J connectivity index is 2.66. The van der Waals surface area contributed by atoms with E-state index in [1.165, 1.54) is 6.20 Å². The molecule has 0 aromatic carbocycles. The second-order valence-electron chi connectivity index (χ2n) is 2.56. The number of aromatic nitrogens is 1. The molecule has 1 atom stereocenters. The van der Waals surface area contributed by atoms with Crippen LogP contribution in [0.2, 0.25) is 0 Å². The first-order chi connectivity index (χ1) is 7.27. The molecule has 15 heavy (non-hydrogen) atoms. The third-order valence-electron chi connectivity index (χ3n) is 1.55. The summed E-state index contributed by atoms with van der Waals surface area (Å²) in [5.74, 6) is 0. The van der Waals surface area contributed by atoms with E-state index in [1.54, 1.807) is 25.1 Å². The number of nitrogens with zero attached hydrogens (tertiary/aromatic N) is 2. The van der Waals surface area contributed by atoms with Crippen molar-refractivity contribution in [2.75, 3.05) is 6.61 Å². The van der Waals surface area contributed by atoms with Crippen LogP contribution >= 0.6 is 0 Å². The highest BCUT2D eigenvalue weighted by molar-refractivity contribution is 5.60. The van der Waals surface area contributed by atoms with Gasteiger partial charge in [0.1, 0.15) is 6.07 Å². The van der Waals surface area contributed by atoms with Crippen LogP contribution in [-0.2, 0) is 9.47 Å². The SMILES string of the molecule is CCOC(=O)OC(C#N)c1ccccn1. The van der Waals surface area contributed by atoms with E-state index in [-0.39, 0.29) is 6.61 Å². The van der Waals surface area contributed by atoms with E-state index < -0.39 is 12.3 Å². The lowest BCUT2D eigenvalue weighted by molar-refractivity contribution is 0.0410. The van der Waals surface area contributed by atoms with Crippen molar-refractivity contribution in [3.05, 3.63) is 30.1 Å². The fraction of sp³-hybridized carbons (Fsp3) is 0.300. The number of hydrogen-bond donors (Lipinski definition) is 0. The summed E-state index contributed by atoms with van der Waals surface area (Å²) in [4.78, 5) is 14.9. The molecule has 0 aliphatic carbocycles. The number of ether oxygens (including phenoxy) is 2. The van der Waals surface area contributed by atoms with E-state index in [9.17, 15) is 4.79 Å². The molecular formula is C10H10N2O3. The Bertz CT molecular complexity index is 359. The number of carbonyl (C=O) groups excluding carboxylic acids is 1. The Morgan fingerprint density at radius 1 is 1.67 bits per heavy atom. The molecule has 0 fully saturated rings. The van der Waals surface area contributed by atoms with Crippen LogP contribution in [0.5, 0.6) is 0 Å². The maximum atomic E-state index is 11.0. The van der Waals surface area contributed by atoms with E-state index in [0.29, 0.717) is 5.69 Å². The van der Waals surface area contributed by atoms with E-state index in [0.717, 1.165) is 0 Å². The van der Waals surface area contributed by atoms with Gasteiger partial charge in [-0.25, -0.2) is 4.79 Å². The summed E-state index contributed by atoms with van der Waals surface area (Å²) in [5.41, 5.74) is 0.382. The molecule has 0 saturated heterocycles. The van der Waals surface area contributed by atoms with Crippen LogP contribution in [0.1, 0.15) is 18.7 Å². The van der Waals surface area contributed by atoms with Gasteiger partial charge in [0.15, 0.2) is 0 Å². The van der Waals surface area contributed by atoms with Gasteiger partial charge in [-0.05, 0) is 19.1 Å². The van der Waals surface area contributed by atoms with Crippen LogP contribution < -0.4 is 0 Å². The molecule has 1 aromatic heterocycles. The van der Waals surface area contributed by atoms with E-state index in [4.69, 9.17) is 10.00 Å². The van der Waals surface area contributed by atoms with Crippen molar-refractivity contribution in [3.8, 4) is 6.07 Å². The number of rotatable bonds is 3. The summed E-state index contributed by atoms with van der Waals surface area (Å²) in [5, 5.41) is 8.77. The van der Waals surface area contributed by atoms with E-state index in [2.05, 4.69) is 9.72 Å². The summed E-state index contributed by atoms with van der Waals surface area (Å²) in [7, 11) is 0. The smallest absolute Gasteiger partial charge is 0.435 e. The maximum absolute atomic E-state index is 11.0. The first-order valence-corrected chi connectivity index (χ1v) is 4.42. The van der Waals surface area contributed by atoms with Gasteiger partial charge >= 0.3 is 6.16 Å². The standard InChI is InChI=1S/C10H10N2O3/c1-2-14-10(13)15-9(7-11)8-5-3-4-6-12-8/h3-6,9H,2H2,1H3. The zero-order chi connectivity index (χ0) is 11.1. The molecule has 0 amide bonds. The van der Waals surface area contributed by atoms with Gasteiger partial charge in [0.25, 0.3) is 0 Å². The molecule has 0 saturated carbocycles. The van der Waals surface area contributed by atoms with Crippen LogP contribution in [0.3, 0.4) is 0 Å². The highest BCUT2D eigenvalue weighted by Crippen LogP contribution is 2.13. The minimum absolute atomic E-state index is 0.208. The first kappa shape index (κ1) is 11.0. The van der Waals surface area contributed by atoms with E-state index in [1.807, 2.05) is 6.07 Å². The lowest BCUT2D eigenvalue weighted by atomic mass is 10.2. The fourth-order valence-electron chi connectivity index (χ4n) is 0.932. The summed E-state index contributed by atoms with van der Waals surface area (Å²) < 4.78 is 9.30. The Morgan fingerprint density at radius 3 is 3.00 bits per heavy atom. The average Bonchev–Trinajstić information content (AvgIpc) is 2.27. The topological polar surface area (TPSA) is 72.2 Å². The maximum Gasteiger partial charge on any atom is 0.509 e. The largest absolute Gasteiger partial charge is 0.509 e. The van der Waals surface area contributed by atoms with Crippen molar-refractivity contribution in [1.82, 2.24) is 4.98 Å². The lowest BCUT2D eigenvalue weighted by Gasteiger charge is -2.09. The average molecular weight is 206 g/mol. The quantitative estimate of drug-likeness (QED) is 0.705. The van der Waals surface area contributed by atoms with Crippen molar-refractivity contribution < 1.29 is 14.3 Å². The number of pyridine rings is 1. The molecule has 0 radical (unpaired) electrons. The van der Waals surface area contributed by atoms with Crippen molar-refractivity contribution in [3.63, 3.8) is 0 Å². The van der Waals surface area contributed by atoms with Crippen LogP contribution in [0.25, 0.3) is 0 Å². The number of nitriles is 1. The first-order valence-electron chi connectivity index (χ1n) is 4.42. The second-order valence-corrected chi connectivity index (χ2v) is 2.56. The highest BCUT2D eigenvalue weighted by Gasteiger charge is 2.17. The predicted molar refractivity (Wildman–Crippen MR) is 50.7 cm³/mol. The van der Waals surface area contributed by atoms with Gasteiger partial charge in [0.05, 0.1) is 12.3 Å². The van der Waals surface area contributed by atoms with Crippen molar-refractivity contribution >= 4 is 6.16 Å². The molecule has 0 N–H and O–H groups in total. The van der Waals surface area contributed by atoms with Gasteiger partial charge in [-0.15, -0.1) is 0 Å². The van der Waals surface area contributed by atoms with Gasteiger partial charge < -0.3 is 9.47 Å². The Hall–Kier alpha value is -2.09. The molecule has 5 heteroatoms. The zero-order valence-electron chi connectivity index (χ0n) is 8.21. The molecule has 5 nitrogen and oxygen atoms in total. The van der Waals surface area contributed by atoms with Crippen molar-refractivity contribution in [2.45, 2.75) is 13.0 Å². The molecule has 0 aliphatic heterocycles. The molecule has 1 rings (SSSR count). The lowest BCUT2D eigenvalue weighted by Crippen LogP contribution is -2.12. The zero-order valence-corrected chi connectivity index (χ0v) is 8.21. The highest BCUT2D eigenvalue weighted by atomic mass is 16.7. The Morgan fingerprint density at radius 2 is 2.47 bits per heavy atom. The molecule has 0 aliphatic rings.